The number of hydrogen-bond acceptors (Lipinski definition) is 2. The second kappa shape index (κ2) is 3.20. The van der Waals surface area contributed by atoms with Crippen molar-refractivity contribution in [1.82, 2.24) is 4.98 Å². The zero-order valence-corrected chi connectivity index (χ0v) is 8.18. The van der Waals surface area contributed by atoms with Crippen LogP contribution in [0.5, 0.6) is 0 Å². The van der Waals surface area contributed by atoms with Crippen LogP contribution in [0.2, 0.25) is 0 Å². The maximum atomic E-state index is 13.6. The molecule has 2 nitrogen and oxygen atoms in total. The fourth-order valence-electron chi connectivity index (χ4n) is 1.57. The zero-order valence-electron chi connectivity index (χ0n) is 8.18. The first-order valence-corrected chi connectivity index (χ1v) is 4.38. The summed E-state index contributed by atoms with van der Waals surface area (Å²) in [6.07, 6.45) is 1.15. The van der Waals surface area contributed by atoms with Crippen LogP contribution in [0.3, 0.4) is 0 Å². The summed E-state index contributed by atoms with van der Waals surface area (Å²) in [6.45, 7) is 0. The third-order valence-corrected chi connectivity index (χ3v) is 2.30. The van der Waals surface area contributed by atoms with Crippen LogP contribution in [0.1, 0.15) is 11.3 Å². The van der Waals surface area contributed by atoms with Gasteiger partial charge in [0.2, 0.25) is 0 Å². The molecule has 0 aliphatic heterocycles. The zero-order chi connectivity index (χ0) is 12.0. The molecule has 0 atom stereocenters. The molecule has 0 fully saturated rings. The van der Waals surface area contributed by atoms with Gasteiger partial charge in [-0.2, -0.15) is 17.6 Å². The van der Waals surface area contributed by atoms with Gasteiger partial charge in [-0.1, -0.05) is 0 Å². The lowest BCUT2D eigenvalue weighted by Crippen LogP contribution is -2.31. The number of methoxy groups -OCH3 is 1. The summed E-state index contributed by atoms with van der Waals surface area (Å²) in [5.41, 5.74) is -1.75. The molecule has 0 bridgehead atoms. The Morgan fingerprint density at radius 3 is 2.56 bits per heavy atom. The van der Waals surface area contributed by atoms with E-state index in [1.807, 2.05) is 0 Å². The highest BCUT2D eigenvalue weighted by Crippen LogP contribution is 2.47. The molecular formula is C10H7F4NO. The second-order valence-electron chi connectivity index (χ2n) is 3.31. The van der Waals surface area contributed by atoms with Crippen LogP contribution >= 0.6 is 0 Å². The Labute approximate surface area is 88.6 Å². The quantitative estimate of drug-likeness (QED) is 0.696. The van der Waals surface area contributed by atoms with E-state index in [4.69, 9.17) is 0 Å². The first-order valence-electron chi connectivity index (χ1n) is 4.38. The molecule has 1 aliphatic carbocycles. The third-order valence-electron chi connectivity index (χ3n) is 2.30. The number of fused-ring (bicyclic) bond motifs is 1. The van der Waals surface area contributed by atoms with Crippen LogP contribution in [-0.2, 0) is 16.6 Å². The van der Waals surface area contributed by atoms with Gasteiger partial charge < -0.3 is 4.74 Å². The van der Waals surface area contributed by atoms with E-state index in [0.29, 0.717) is 0 Å². The lowest BCUT2D eigenvalue weighted by molar-refractivity contribution is -0.0488. The predicted molar refractivity (Wildman–Crippen MR) is 47.1 cm³/mol. The summed E-state index contributed by atoms with van der Waals surface area (Å²) in [5, 5.41) is 0. The van der Waals surface area contributed by atoms with Crippen molar-refractivity contribution < 1.29 is 22.3 Å². The normalized spacial score (nSPS) is 20.9. The van der Waals surface area contributed by atoms with Crippen LogP contribution in [-0.4, -0.2) is 12.1 Å². The Morgan fingerprint density at radius 2 is 1.94 bits per heavy atom. The first kappa shape index (κ1) is 10.9. The van der Waals surface area contributed by atoms with E-state index in [9.17, 15) is 17.6 Å². The number of rotatable bonds is 1. The van der Waals surface area contributed by atoms with Gasteiger partial charge in [0.1, 0.15) is 5.69 Å². The van der Waals surface area contributed by atoms with Gasteiger partial charge in [0, 0.05) is 12.3 Å². The summed E-state index contributed by atoms with van der Waals surface area (Å²) < 4.78 is 58.4. The van der Waals surface area contributed by atoms with E-state index in [2.05, 4.69) is 9.72 Å². The van der Waals surface area contributed by atoms with E-state index in [1.165, 1.54) is 6.07 Å². The summed E-state index contributed by atoms with van der Waals surface area (Å²) in [6, 6.07) is 2.10. The lowest BCUT2D eigenvalue weighted by atomic mass is 9.94. The molecule has 6 heteroatoms. The molecule has 0 radical (unpaired) electrons. The average molecular weight is 233 g/mol. The summed E-state index contributed by atoms with van der Waals surface area (Å²) in [5.74, 6) is -8.16. The van der Waals surface area contributed by atoms with E-state index >= 15 is 0 Å². The standard InChI is InChI=1S/C10H7F4NO/c1-16-7-5-9(11,12)8-6(10(7,13)14)3-2-4-15-8/h2-5H,1H3. The second-order valence-corrected chi connectivity index (χ2v) is 3.31. The first-order chi connectivity index (χ1) is 7.39. The van der Waals surface area contributed by atoms with Crippen molar-refractivity contribution in [3.63, 3.8) is 0 Å². The number of nitrogens with zero attached hydrogens (tertiary/aromatic N) is 1. The molecule has 2 rings (SSSR count). The maximum Gasteiger partial charge on any atom is 0.331 e. The fraction of sp³-hybridized carbons (Fsp3) is 0.300. The van der Waals surface area contributed by atoms with Gasteiger partial charge in [-0.25, -0.2) is 0 Å². The number of halogens is 4. The Morgan fingerprint density at radius 1 is 1.25 bits per heavy atom. The number of hydrogen-bond donors (Lipinski definition) is 0. The molecule has 1 heterocycles. The minimum Gasteiger partial charge on any atom is -0.494 e. The van der Waals surface area contributed by atoms with Crippen LogP contribution in [0.25, 0.3) is 0 Å². The molecule has 0 spiro atoms. The van der Waals surface area contributed by atoms with Gasteiger partial charge in [-0.05, 0) is 12.1 Å². The summed E-state index contributed by atoms with van der Waals surface area (Å²) >= 11 is 0. The van der Waals surface area contributed by atoms with Crippen LogP contribution in [0.4, 0.5) is 17.6 Å². The van der Waals surface area contributed by atoms with Crippen molar-refractivity contribution in [3.8, 4) is 0 Å². The summed E-state index contributed by atoms with van der Waals surface area (Å²) in [7, 11) is 0.928. The van der Waals surface area contributed by atoms with E-state index < -0.39 is 28.9 Å². The molecule has 1 aromatic heterocycles. The highest BCUT2D eigenvalue weighted by molar-refractivity contribution is 5.40. The van der Waals surface area contributed by atoms with Crippen LogP contribution < -0.4 is 0 Å². The van der Waals surface area contributed by atoms with Gasteiger partial charge in [0.15, 0.2) is 5.76 Å². The molecule has 16 heavy (non-hydrogen) atoms. The van der Waals surface area contributed by atoms with Crippen LogP contribution in [0.15, 0.2) is 30.2 Å². The van der Waals surface area contributed by atoms with Crippen molar-refractivity contribution in [2.45, 2.75) is 11.8 Å². The molecule has 0 N–H and O–H groups in total. The number of aromatic nitrogens is 1. The molecule has 0 aromatic carbocycles. The monoisotopic (exact) mass is 233 g/mol. The SMILES string of the molecule is COC1=CC(F)(F)c2ncccc2C1(F)F. The fourth-order valence-corrected chi connectivity index (χ4v) is 1.57. The predicted octanol–water partition coefficient (Wildman–Crippen LogP) is 2.81. The maximum absolute atomic E-state index is 13.6. The Balaban J connectivity index is 2.70. The lowest BCUT2D eigenvalue weighted by Gasteiger charge is -2.28. The molecule has 1 aromatic rings. The van der Waals surface area contributed by atoms with Gasteiger partial charge in [-0.15, -0.1) is 0 Å². The number of pyridine rings is 1. The third kappa shape index (κ3) is 1.36. The highest BCUT2D eigenvalue weighted by Gasteiger charge is 2.52. The topological polar surface area (TPSA) is 22.1 Å². The van der Waals surface area contributed by atoms with Crippen molar-refractivity contribution in [3.05, 3.63) is 41.4 Å². The smallest absolute Gasteiger partial charge is 0.331 e. The largest absolute Gasteiger partial charge is 0.494 e. The number of ether oxygens (including phenoxy) is 1. The molecule has 0 saturated heterocycles. The van der Waals surface area contributed by atoms with Gasteiger partial charge in [0.25, 0.3) is 0 Å². The Hall–Kier alpha value is -1.59. The van der Waals surface area contributed by atoms with Crippen molar-refractivity contribution in [1.29, 1.82) is 0 Å². The van der Waals surface area contributed by atoms with Crippen LogP contribution in [0, 0.1) is 0 Å². The molecule has 0 saturated carbocycles. The Bertz CT molecular complexity index is 456. The molecule has 86 valence electrons. The molecule has 1 aliphatic rings. The minimum absolute atomic E-state index is 0.0995. The summed E-state index contributed by atoms with van der Waals surface area (Å²) in [4.78, 5) is 3.31. The average Bonchev–Trinajstić information content (AvgIpc) is 2.24. The highest BCUT2D eigenvalue weighted by atomic mass is 19.3. The number of allylic oxidation sites excluding steroid dienone is 2. The van der Waals surface area contributed by atoms with E-state index in [0.717, 1.165) is 19.4 Å². The van der Waals surface area contributed by atoms with Gasteiger partial charge in [-0.3, -0.25) is 4.98 Å². The van der Waals surface area contributed by atoms with Crippen molar-refractivity contribution >= 4 is 0 Å². The molecule has 0 unspecified atom stereocenters. The molecular weight excluding hydrogens is 226 g/mol. The Kier molecular flexibility index (Phi) is 2.18. The number of alkyl halides is 4. The van der Waals surface area contributed by atoms with E-state index in [-0.39, 0.29) is 6.08 Å². The molecule has 0 amide bonds. The minimum atomic E-state index is -3.57. The van der Waals surface area contributed by atoms with Crippen molar-refractivity contribution in [2.24, 2.45) is 0 Å². The van der Waals surface area contributed by atoms with Gasteiger partial charge in [0.05, 0.1) is 12.7 Å². The van der Waals surface area contributed by atoms with E-state index in [1.54, 1.807) is 0 Å². The van der Waals surface area contributed by atoms with Gasteiger partial charge >= 0.3 is 11.8 Å². The van der Waals surface area contributed by atoms with Crippen molar-refractivity contribution in [2.75, 3.05) is 7.11 Å².